The van der Waals surface area contributed by atoms with Crippen LogP contribution in [0, 0.1) is 5.92 Å². The van der Waals surface area contributed by atoms with Crippen molar-refractivity contribution in [2.24, 2.45) is 5.92 Å². The summed E-state index contributed by atoms with van der Waals surface area (Å²) in [5.41, 5.74) is 0. The van der Waals surface area contributed by atoms with Crippen molar-refractivity contribution in [1.29, 1.82) is 0 Å². The van der Waals surface area contributed by atoms with E-state index < -0.39 is 11.2 Å². The number of nitrogens with zero attached hydrogens (tertiary/aromatic N) is 1. The van der Waals surface area contributed by atoms with Gasteiger partial charge in [0.05, 0.1) is 4.88 Å². The van der Waals surface area contributed by atoms with E-state index in [1.54, 1.807) is 0 Å². The molecule has 0 saturated heterocycles. The van der Waals surface area contributed by atoms with Gasteiger partial charge in [0.25, 0.3) is 0 Å². The van der Waals surface area contributed by atoms with Crippen molar-refractivity contribution in [2.75, 3.05) is 0 Å². The van der Waals surface area contributed by atoms with E-state index in [4.69, 9.17) is 0 Å². The van der Waals surface area contributed by atoms with Gasteiger partial charge in [-0.05, 0) is 12.8 Å². The quantitative estimate of drug-likeness (QED) is 0.750. The van der Waals surface area contributed by atoms with Gasteiger partial charge in [-0.2, -0.15) is 13.2 Å². The van der Waals surface area contributed by atoms with Crippen molar-refractivity contribution < 1.29 is 18.0 Å². The average molecular weight is 249 g/mol. The van der Waals surface area contributed by atoms with Crippen LogP contribution >= 0.6 is 11.3 Å². The number of rotatable bonds is 2. The Kier molecular flexibility index (Phi) is 3.01. The molecule has 0 aliphatic heterocycles. The largest absolute Gasteiger partial charge is 0.443 e. The van der Waals surface area contributed by atoms with Gasteiger partial charge in [-0.15, -0.1) is 11.3 Å². The molecule has 6 heteroatoms. The van der Waals surface area contributed by atoms with Crippen LogP contribution in [0.3, 0.4) is 0 Å². The van der Waals surface area contributed by atoms with Crippen LogP contribution in [0.4, 0.5) is 13.2 Å². The normalized spacial score (nSPS) is 17.9. The van der Waals surface area contributed by atoms with Gasteiger partial charge in [-0.25, -0.2) is 4.98 Å². The Bertz CT molecular complexity index is 393. The summed E-state index contributed by atoms with van der Waals surface area (Å²) in [7, 11) is 0. The number of carbonyl (C=O) groups is 1. The zero-order valence-corrected chi connectivity index (χ0v) is 9.20. The van der Waals surface area contributed by atoms with Crippen LogP contribution in [0.2, 0.25) is 0 Å². The maximum Gasteiger partial charge on any atom is 0.443 e. The molecule has 0 atom stereocenters. The smallest absolute Gasteiger partial charge is 0.293 e. The van der Waals surface area contributed by atoms with Crippen molar-refractivity contribution in [3.63, 3.8) is 0 Å². The summed E-state index contributed by atoms with van der Waals surface area (Å²) in [6.07, 6.45) is 0.159. The van der Waals surface area contributed by atoms with Crippen LogP contribution in [0.1, 0.15) is 40.4 Å². The highest BCUT2D eigenvalue weighted by molar-refractivity contribution is 7.13. The fourth-order valence-corrected chi connectivity index (χ4v) is 2.71. The van der Waals surface area contributed by atoms with Crippen LogP contribution < -0.4 is 0 Å². The number of hydrogen-bond acceptors (Lipinski definition) is 3. The Hall–Kier alpha value is -0.910. The van der Waals surface area contributed by atoms with Gasteiger partial charge < -0.3 is 0 Å². The lowest BCUT2D eigenvalue weighted by Crippen LogP contribution is -2.09. The van der Waals surface area contributed by atoms with E-state index in [0.29, 0.717) is 11.3 Å². The molecule has 2 nitrogen and oxygen atoms in total. The van der Waals surface area contributed by atoms with E-state index in [-0.39, 0.29) is 16.6 Å². The molecule has 0 radical (unpaired) electrons. The highest BCUT2D eigenvalue weighted by atomic mass is 32.1. The van der Waals surface area contributed by atoms with E-state index in [1.807, 2.05) is 0 Å². The second kappa shape index (κ2) is 4.16. The first-order valence-corrected chi connectivity index (χ1v) is 5.87. The van der Waals surface area contributed by atoms with Crippen LogP contribution in [-0.2, 0) is 6.18 Å². The minimum Gasteiger partial charge on any atom is -0.293 e. The molecule has 1 aromatic rings. The first-order chi connectivity index (χ1) is 7.48. The summed E-state index contributed by atoms with van der Waals surface area (Å²) in [5.74, 6) is -0.271. The predicted molar refractivity (Wildman–Crippen MR) is 53.4 cm³/mol. The Morgan fingerprint density at radius 2 is 2.00 bits per heavy atom. The average Bonchev–Trinajstić information content (AvgIpc) is 2.87. The van der Waals surface area contributed by atoms with Gasteiger partial charge in [0.1, 0.15) is 0 Å². The van der Waals surface area contributed by atoms with E-state index in [2.05, 4.69) is 4.98 Å². The van der Waals surface area contributed by atoms with Crippen LogP contribution in [-0.4, -0.2) is 10.8 Å². The van der Waals surface area contributed by atoms with E-state index in [9.17, 15) is 18.0 Å². The van der Waals surface area contributed by atoms with Crippen molar-refractivity contribution in [3.8, 4) is 0 Å². The Morgan fingerprint density at radius 1 is 1.38 bits per heavy atom. The maximum atomic E-state index is 12.3. The third-order valence-electron chi connectivity index (χ3n) is 2.72. The van der Waals surface area contributed by atoms with Crippen LogP contribution in [0.5, 0.6) is 0 Å². The Labute approximate surface area is 94.5 Å². The highest BCUT2D eigenvalue weighted by Gasteiger charge is 2.36. The highest BCUT2D eigenvalue weighted by Crippen LogP contribution is 2.35. The third-order valence-corrected chi connectivity index (χ3v) is 3.77. The molecule has 16 heavy (non-hydrogen) atoms. The minimum atomic E-state index is -4.45. The molecule has 1 aromatic heterocycles. The molecule has 1 saturated carbocycles. The summed E-state index contributed by atoms with van der Waals surface area (Å²) in [5, 5.41) is -0.936. The number of Topliss-reactive ketones (excluding diaryl/α,β-unsaturated/α-hetero) is 1. The van der Waals surface area contributed by atoms with E-state index in [0.717, 1.165) is 31.9 Å². The lowest BCUT2D eigenvalue weighted by molar-refractivity contribution is -0.137. The maximum absolute atomic E-state index is 12.3. The van der Waals surface area contributed by atoms with E-state index >= 15 is 0 Å². The molecule has 0 amide bonds. The van der Waals surface area contributed by atoms with Gasteiger partial charge in [0.15, 0.2) is 10.8 Å². The molecule has 0 bridgehead atoms. The van der Waals surface area contributed by atoms with Crippen molar-refractivity contribution >= 4 is 17.1 Å². The first-order valence-electron chi connectivity index (χ1n) is 5.05. The molecule has 0 spiro atoms. The number of thiazole rings is 1. The second-order valence-electron chi connectivity index (χ2n) is 3.87. The SMILES string of the molecule is O=C(c1cnc(C(F)(F)F)s1)C1CCCC1. The molecular weight excluding hydrogens is 239 g/mol. The summed E-state index contributed by atoms with van der Waals surface area (Å²) in [6, 6.07) is 0. The lowest BCUT2D eigenvalue weighted by atomic mass is 10.0. The van der Waals surface area contributed by atoms with Crippen LogP contribution in [0.25, 0.3) is 0 Å². The predicted octanol–water partition coefficient (Wildman–Crippen LogP) is 3.53. The zero-order valence-electron chi connectivity index (χ0n) is 8.38. The summed E-state index contributed by atoms with van der Waals surface area (Å²) in [4.78, 5) is 15.2. The molecular formula is C10H10F3NOS. The molecule has 0 unspecified atom stereocenters. The van der Waals surface area contributed by atoms with Gasteiger partial charge in [0.2, 0.25) is 0 Å². The second-order valence-corrected chi connectivity index (χ2v) is 4.90. The lowest BCUT2D eigenvalue weighted by Gasteiger charge is -2.04. The molecule has 1 aliphatic carbocycles. The third kappa shape index (κ3) is 2.26. The fourth-order valence-electron chi connectivity index (χ4n) is 1.91. The molecule has 1 aliphatic rings. The standard InChI is InChI=1S/C10H10F3NOS/c11-10(12,13)9-14-5-7(16-9)8(15)6-3-1-2-4-6/h5-6H,1-4H2. The molecule has 0 aromatic carbocycles. The number of carbonyl (C=O) groups excluding carboxylic acids is 1. The number of hydrogen-bond donors (Lipinski definition) is 0. The van der Waals surface area contributed by atoms with Crippen molar-refractivity contribution in [2.45, 2.75) is 31.9 Å². The summed E-state index contributed by atoms with van der Waals surface area (Å²) in [6.45, 7) is 0. The molecule has 1 fully saturated rings. The summed E-state index contributed by atoms with van der Waals surface area (Å²) < 4.78 is 36.8. The zero-order chi connectivity index (χ0) is 11.8. The van der Waals surface area contributed by atoms with Gasteiger partial charge in [-0.3, -0.25) is 4.79 Å². The van der Waals surface area contributed by atoms with Crippen molar-refractivity contribution in [3.05, 3.63) is 16.1 Å². The Morgan fingerprint density at radius 3 is 2.50 bits per heavy atom. The van der Waals surface area contributed by atoms with Gasteiger partial charge in [0, 0.05) is 12.1 Å². The van der Waals surface area contributed by atoms with Gasteiger partial charge in [-0.1, -0.05) is 12.8 Å². The monoisotopic (exact) mass is 249 g/mol. The minimum absolute atomic E-state index is 0.0958. The number of ketones is 1. The van der Waals surface area contributed by atoms with Crippen molar-refractivity contribution in [1.82, 2.24) is 4.98 Å². The number of aromatic nitrogens is 1. The molecule has 0 N–H and O–H groups in total. The fraction of sp³-hybridized carbons (Fsp3) is 0.600. The van der Waals surface area contributed by atoms with Gasteiger partial charge >= 0.3 is 6.18 Å². The molecule has 1 heterocycles. The molecule has 2 rings (SSSR count). The first kappa shape index (κ1) is 11.6. The van der Waals surface area contributed by atoms with E-state index in [1.165, 1.54) is 0 Å². The number of halogens is 3. The Balaban J connectivity index is 2.15. The van der Waals surface area contributed by atoms with Crippen LogP contribution in [0.15, 0.2) is 6.20 Å². The summed E-state index contributed by atoms with van der Waals surface area (Å²) >= 11 is 0.449. The topological polar surface area (TPSA) is 30.0 Å². The molecule has 88 valence electrons. The number of alkyl halides is 3.